The number of benzene rings is 7. The van der Waals surface area contributed by atoms with E-state index in [0.717, 1.165) is 0 Å². The van der Waals surface area contributed by atoms with Crippen molar-refractivity contribution in [1.29, 1.82) is 0 Å². The van der Waals surface area contributed by atoms with Crippen molar-refractivity contribution in [2.24, 2.45) is 0 Å². The van der Waals surface area contributed by atoms with Crippen molar-refractivity contribution in [2.45, 2.75) is 0 Å². The molecule has 8 aromatic rings. The Labute approximate surface area is 250 Å². The minimum Gasteiger partial charge on any atom is -0.309 e. The number of hydrogen-bond acceptors (Lipinski definition) is 0. The molecule has 0 amide bonds. The second kappa shape index (κ2) is 9.44. The molecule has 43 heavy (non-hydrogen) atoms. The van der Waals surface area contributed by atoms with Gasteiger partial charge in [-0.25, -0.2) is 0 Å². The predicted molar refractivity (Wildman–Crippen MR) is 182 cm³/mol. The van der Waals surface area contributed by atoms with Crippen molar-refractivity contribution < 1.29 is 0 Å². The third-order valence-corrected chi connectivity index (χ3v) is 8.98. The van der Waals surface area contributed by atoms with Crippen molar-refractivity contribution in [3.8, 4) is 61.3 Å². The minimum atomic E-state index is 1.17. The van der Waals surface area contributed by atoms with Gasteiger partial charge in [0.15, 0.2) is 0 Å². The molecule has 0 unspecified atom stereocenters. The van der Waals surface area contributed by atoms with Crippen LogP contribution < -0.4 is 0 Å². The monoisotopic (exact) mass is 545 g/mol. The van der Waals surface area contributed by atoms with Crippen LogP contribution in [0.2, 0.25) is 0 Å². The van der Waals surface area contributed by atoms with E-state index in [4.69, 9.17) is 0 Å². The van der Waals surface area contributed by atoms with E-state index in [9.17, 15) is 0 Å². The maximum absolute atomic E-state index is 2.39. The normalized spacial score (nSPS) is 11.7. The van der Waals surface area contributed by atoms with Crippen LogP contribution in [0.15, 0.2) is 164 Å². The summed E-state index contributed by atoms with van der Waals surface area (Å²) < 4.78 is 2.39. The van der Waals surface area contributed by atoms with Gasteiger partial charge in [-0.05, 0) is 86.0 Å². The molecule has 1 aliphatic carbocycles. The summed E-state index contributed by atoms with van der Waals surface area (Å²) >= 11 is 0. The van der Waals surface area contributed by atoms with E-state index in [-0.39, 0.29) is 0 Å². The van der Waals surface area contributed by atoms with Gasteiger partial charge >= 0.3 is 0 Å². The zero-order valence-corrected chi connectivity index (χ0v) is 23.5. The van der Waals surface area contributed by atoms with E-state index in [1.807, 2.05) is 0 Å². The molecule has 7 aromatic carbocycles. The molecule has 1 heteroatoms. The number of aromatic nitrogens is 1. The first-order chi connectivity index (χ1) is 21.3. The SMILES string of the molecule is c1cc(-c2ccc3c(c2)-c2ccccc2-c2ccccc2-c2ccccc2-3)cc(-n2c3ccccc3c3ccccc32)c1. The fourth-order valence-corrected chi connectivity index (χ4v) is 7.07. The number of hydrogen-bond donors (Lipinski definition) is 0. The summed E-state index contributed by atoms with van der Waals surface area (Å²) in [6, 6.07) is 59.9. The molecule has 0 N–H and O–H groups in total. The molecule has 0 aliphatic heterocycles. The van der Waals surface area contributed by atoms with Gasteiger partial charge in [-0.2, -0.15) is 0 Å². The molecule has 1 aliphatic rings. The molecule has 9 rings (SSSR count). The first kappa shape index (κ1) is 24.0. The number of nitrogens with zero attached hydrogens (tertiary/aromatic N) is 1. The summed E-state index contributed by atoms with van der Waals surface area (Å²) in [5, 5.41) is 2.56. The highest BCUT2D eigenvalue weighted by Gasteiger charge is 2.22. The Morgan fingerprint density at radius 1 is 0.279 bits per heavy atom. The molecule has 1 aromatic heterocycles. The molecule has 0 saturated heterocycles. The van der Waals surface area contributed by atoms with Gasteiger partial charge in [0.25, 0.3) is 0 Å². The van der Waals surface area contributed by atoms with E-state index in [1.54, 1.807) is 0 Å². The molecular weight excluding hydrogens is 518 g/mol. The van der Waals surface area contributed by atoms with E-state index in [0.29, 0.717) is 0 Å². The quantitative estimate of drug-likeness (QED) is 0.204. The Kier molecular flexibility index (Phi) is 5.27. The van der Waals surface area contributed by atoms with Crippen LogP contribution in [0.1, 0.15) is 0 Å². The summed E-state index contributed by atoms with van der Waals surface area (Å²) in [5.41, 5.74) is 16.2. The summed E-state index contributed by atoms with van der Waals surface area (Å²) in [5.74, 6) is 0. The number of fused-ring (bicyclic) bond motifs is 11. The van der Waals surface area contributed by atoms with Gasteiger partial charge < -0.3 is 4.57 Å². The van der Waals surface area contributed by atoms with Gasteiger partial charge in [0.1, 0.15) is 0 Å². The van der Waals surface area contributed by atoms with Crippen LogP contribution in [-0.2, 0) is 0 Å². The highest BCUT2D eigenvalue weighted by Crippen LogP contribution is 2.48. The third-order valence-electron chi connectivity index (χ3n) is 8.98. The van der Waals surface area contributed by atoms with Crippen LogP contribution in [-0.4, -0.2) is 4.57 Å². The lowest BCUT2D eigenvalue weighted by Crippen LogP contribution is -1.97. The first-order valence-corrected chi connectivity index (χ1v) is 14.9. The van der Waals surface area contributed by atoms with Gasteiger partial charge in [-0.1, -0.05) is 133 Å². The highest BCUT2D eigenvalue weighted by molar-refractivity contribution is 6.09. The van der Waals surface area contributed by atoms with Crippen molar-refractivity contribution in [3.05, 3.63) is 164 Å². The first-order valence-electron chi connectivity index (χ1n) is 14.9. The Balaban J connectivity index is 1.27. The van der Waals surface area contributed by atoms with Crippen LogP contribution in [0.3, 0.4) is 0 Å². The number of rotatable bonds is 2. The Morgan fingerprint density at radius 2 is 0.698 bits per heavy atom. The second-order valence-electron chi connectivity index (χ2n) is 11.3. The molecule has 0 atom stereocenters. The molecule has 0 spiro atoms. The van der Waals surface area contributed by atoms with Crippen LogP contribution in [0, 0.1) is 0 Å². The summed E-state index contributed by atoms with van der Waals surface area (Å²) in [7, 11) is 0. The molecular formula is C42H27N. The van der Waals surface area contributed by atoms with E-state index in [1.165, 1.54) is 83.1 Å². The minimum absolute atomic E-state index is 1.17. The lowest BCUT2D eigenvalue weighted by atomic mass is 9.80. The van der Waals surface area contributed by atoms with Crippen LogP contribution >= 0.6 is 0 Å². The van der Waals surface area contributed by atoms with E-state index in [2.05, 4.69) is 168 Å². The average molecular weight is 546 g/mol. The Hall–Kier alpha value is -5.66. The third kappa shape index (κ3) is 3.65. The lowest BCUT2D eigenvalue weighted by molar-refractivity contribution is 1.18. The molecule has 0 radical (unpaired) electrons. The Bertz CT molecular complexity index is 2290. The van der Waals surface area contributed by atoms with Gasteiger partial charge in [0.05, 0.1) is 11.0 Å². The molecule has 1 nitrogen and oxygen atoms in total. The van der Waals surface area contributed by atoms with Crippen molar-refractivity contribution in [3.63, 3.8) is 0 Å². The topological polar surface area (TPSA) is 4.93 Å². The van der Waals surface area contributed by atoms with Crippen molar-refractivity contribution in [1.82, 2.24) is 4.57 Å². The highest BCUT2D eigenvalue weighted by atomic mass is 15.0. The number of para-hydroxylation sites is 2. The predicted octanol–water partition coefficient (Wildman–Crippen LogP) is 11.4. The van der Waals surface area contributed by atoms with Gasteiger partial charge in [-0.15, -0.1) is 0 Å². The molecule has 0 saturated carbocycles. The summed E-state index contributed by atoms with van der Waals surface area (Å²) in [6.45, 7) is 0. The average Bonchev–Trinajstić information content (AvgIpc) is 3.42. The smallest absolute Gasteiger partial charge is 0.0541 e. The van der Waals surface area contributed by atoms with Gasteiger partial charge in [0.2, 0.25) is 0 Å². The molecule has 1 heterocycles. The maximum atomic E-state index is 2.39. The van der Waals surface area contributed by atoms with E-state index < -0.39 is 0 Å². The van der Waals surface area contributed by atoms with Gasteiger partial charge in [0, 0.05) is 16.5 Å². The largest absolute Gasteiger partial charge is 0.309 e. The summed E-state index contributed by atoms with van der Waals surface area (Å²) in [4.78, 5) is 0. The maximum Gasteiger partial charge on any atom is 0.0541 e. The fraction of sp³-hybridized carbons (Fsp3) is 0. The van der Waals surface area contributed by atoms with Crippen LogP contribution in [0.4, 0.5) is 0 Å². The molecule has 0 bridgehead atoms. The lowest BCUT2D eigenvalue weighted by Gasteiger charge is -2.23. The van der Waals surface area contributed by atoms with Crippen molar-refractivity contribution in [2.75, 3.05) is 0 Å². The molecule has 200 valence electrons. The zero-order valence-electron chi connectivity index (χ0n) is 23.5. The fourth-order valence-electron chi connectivity index (χ4n) is 7.07. The van der Waals surface area contributed by atoms with Crippen LogP contribution in [0.5, 0.6) is 0 Å². The van der Waals surface area contributed by atoms with Gasteiger partial charge in [-0.3, -0.25) is 0 Å². The second-order valence-corrected chi connectivity index (χ2v) is 11.3. The van der Waals surface area contributed by atoms with Crippen LogP contribution in [0.25, 0.3) is 83.1 Å². The summed E-state index contributed by atoms with van der Waals surface area (Å²) in [6.07, 6.45) is 0. The molecule has 0 fully saturated rings. The van der Waals surface area contributed by atoms with Crippen molar-refractivity contribution >= 4 is 21.8 Å². The zero-order chi connectivity index (χ0) is 28.3. The van der Waals surface area contributed by atoms with E-state index >= 15 is 0 Å². The standard InChI is InChI=1S/C42H27N/c1-2-15-32-31(14-1)33-16-3-4-18-35(33)37-25-24-29(27-40(37)36-19-6-5-17-34(32)36)28-12-11-13-30(26-28)43-41-22-9-7-20-38(41)39-21-8-10-23-42(39)43/h1-27H. The Morgan fingerprint density at radius 3 is 1.23 bits per heavy atom.